The Balaban J connectivity index is 0.000000408. The van der Waals surface area contributed by atoms with Gasteiger partial charge in [-0.25, -0.2) is 13.2 Å². The number of aliphatic hydroxyl groups excluding tert-OH is 1. The monoisotopic (exact) mass is 554 g/mol. The Kier molecular flexibility index (Phi) is 10.1. The molecule has 197 valence electrons. The summed E-state index contributed by atoms with van der Waals surface area (Å²) in [5, 5.41) is 22.9. The van der Waals surface area contributed by atoms with Crippen molar-refractivity contribution in [3.8, 4) is 5.75 Å². The Morgan fingerprint density at radius 1 is 1.05 bits per heavy atom. The molecule has 0 fully saturated rings. The van der Waals surface area contributed by atoms with Crippen LogP contribution in [0, 0.1) is 28.3 Å². The molecule has 1 heterocycles. The summed E-state index contributed by atoms with van der Waals surface area (Å²) in [6, 6.07) is 16.6. The van der Waals surface area contributed by atoms with E-state index in [1.807, 2.05) is 43.0 Å². The molecular weight excluding hydrogens is 526 g/mol. The standard InChI is InChI=1S/C21H21F3N2O.C7H7NO.Co/c1-4-26-17-8-6-14(27-3)11-15(17)21(2,18(26)9-10-25)12-13-5-7-16(22)20(24)19(13)23;8-7(9)6-4-2-1-3-5-6;/h5-11,25H,4,12H2,1-3H3;1-5H,(H2,8,9);/b18-9-,25-10?;;. The molecule has 1 aliphatic rings. The van der Waals surface area contributed by atoms with Crippen molar-refractivity contribution >= 4 is 17.8 Å². The Labute approximate surface area is 224 Å². The van der Waals surface area contributed by atoms with Crippen LogP contribution in [0.3, 0.4) is 0 Å². The fourth-order valence-corrected chi connectivity index (χ4v) is 4.44. The Morgan fingerprint density at radius 3 is 2.27 bits per heavy atom. The van der Waals surface area contributed by atoms with Gasteiger partial charge < -0.3 is 20.2 Å². The zero-order valence-electron chi connectivity index (χ0n) is 20.6. The van der Waals surface area contributed by atoms with E-state index < -0.39 is 22.9 Å². The average molecular weight is 554 g/mol. The SMILES string of the molecule is CCN1/C(=C\C=N)C(C)(Cc2ccc(F)c(F)c2F)c2cc(OC)ccc21.N=C(O)c1ccccc1.[Co]. The Morgan fingerprint density at radius 2 is 1.73 bits per heavy atom. The van der Waals surface area contributed by atoms with E-state index in [4.69, 9.17) is 20.7 Å². The fourth-order valence-electron chi connectivity index (χ4n) is 4.44. The number of allylic oxidation sites excluding steroid dienone is 2. The summed E-state index contributed by atoms with van der Waals surface area (Å²) >= 11 is 0. The molecule has 0 saturated heterocycles. The molecule has 0 amide bonds. The Hall–Kier alpha value is -3.56. The number of hydrogen-bond donors (Lipinski definition) is 3. The van der Waals surface area contributed by atoms with E-state index in [0.29, 0.717) is 17.9 Å². The van der Waals surface area contributed by atoms with Crippen LogP contribution < -0.4 is 9.64 Å². The van der Waals surface area contributed by atoms with Gasteiger partial charge in [-0.2, -0.15) is 0 Å². The summed E-state index contributed by atoms with van der Waals surface area (Å²) in [7, 11) is 1.56. The van der Waals surface area contributed by atoms with Gasteiger partial charge in [-0.3, -0.25) is 5.41 Å². The number of halogens is 3. The number of likely N-dealkylation sites (N-methyl/N-ethyl adjacent to an activating group) is 1. The van der Waals surface area contributed by atoms with E-state index in [2.05, 4.69) is 0 Å². The molecule has 3 aromatic carbocycles. The summed E-state index contributed by atoms with van der Waals surface area (Å²) < 4.78 is 46.8. The van der Waals surface area contributed by atoms with E-state index in [9.17, 15) is 13.2 Å². The predicted octanol–water partition coefficient (Wildman–Crippen LogP) is 6.55. The van der Waals surface area contributed by atoms with E-state index >= 15 is 0 Å². The topological polar surface area (TPSA) is 80.4 Å². The molecule has 9 heteroatoms. The molecule has 37 heavy (non-hydrogen) atoms. The molecule has 0 saturated carbocycles. The van der Waals surface area contributed by atoms with Crippen LogP contribution in [0.5, 0.6) is 5.75 Å². The first-order valence-electron chi connectivity index (χ1n) is 11.3. The van der Waals surface area contributed by atoms with Crippen LogP contribution in [0.15, 0.2) is 72.4 Å². The molecule has 1 atom stereocenters. The minimum atomic E-state index is -1.47. The third-order valence-electron chi connectivity index (χ3n) is 6.21. The van der Waals surface area contributed by atoms with Crippen LogP contribution >= 0.6 is 0 Å². The normalized spacial score (nSPS) is 16.8. The maximum Gasteiger partial charge on any atom is 0.210 e. The van der Waals surface area contributed by atoms with Gasteiger partial charge in [-0.1, -0.05) is 24.3 Å². The summed E-state index contributed by atoms with van der Waals surface area (Å²) in [6.45, 7) is 4.54. The second-order valence-corrected chi connectivity index (χ2v) is 8.40. The summed E-state index contributed by atoms with van der Waals surface area (Å²) in [5.41, 5.74) is 2.52. The number of nitrogens with one attached hydrogen (secondary N) is 2. The van der Waals surface area contributed by atoms with Crippen molar-refractivity contribution in [3.05, 3.63) is 107 Å². The van der Waals surface area contributed by atoms with E-state index in [0.717, 1.165) is 23.0 Å². The number of aliphatic hydroxyl groups is 1. The molecule has 3 N–H and O–H groups in total. The van der Waals surface area contributed by atoms with Gasteiger partial charge >= 0.3 is 0 Å². The summed E-state index contributed by atoms with van der Waals surface area (Å²) in [4.78, 5) is 2.04. The van der Waals surface area contributed by atoms with Crippen molar-refractivity contribution in [3.63, 3.8) is 0 Å². The minimum Gasteiger partial charge on any atom is -0.497 e. The second-order valence-electron chi connectivity index (χ2n) is 8.40. The van der Waals surface area contributed by atoms with Gasteiger partial charge in [-0.05, 0) is 73.9 Å². The number of hydrogen-bond acceptors (Lipinski definition) is 4. The van der Waals surface area contributed by atoms with E-state index in [-0.39, 0.29) is 34.7 Å². The largest absolute Gasteiger partial charge is 0.497 e. The number of methoxy groups -OCH3 is 1. The first-order chi connectivity index (χ1) is 17.2. The molecular formula is C28H28CoF3N3O2. The Bertz CT molecular complexity index is 1300. The van der Waals surface area contributed by atoms with Gasteiger partial charge in [0.05, 0.1) is 7.11 Å². The van der Waals surface area contributed by atoms with Gasteiger partial charge in [0.2, 0.25) is 5.90 Å². The fraction of sp³-hybridized carbons (Fsp3) is 0.214. The van der Waals surface area contributed by atoms with E-state index in [1.165, 1.54) is 12.3 Å². The number of rotatable bonds is 6. The summed E-state index contributed by atoms with van der Waals surface area (Å²) in [5.74, 6) is -3.58. The number of benzene rings is 3. The summed E-state index contributed by atoms with van der Waals surface area (Å²) in [6.07, 6.45) is 2.96. The number of fused-ring (bicyclic) bond motifs is 1. The molecule has 5 nitrogen and oxygen atoms in total. The molecule has 3 aromatic rings. The smallest absolute Gasteiger partial charge is 0.210 e. The van der Waals surface area contributed by atoms with Crippen molar-refractivity contribution in [1.82, 2.24) is 0 Å². The van der Waals surface area contributed by atoms with Gasteiger partial charge in [0.1, 0.15) is 5.75 Å². The second kappa shape index (κ2) is 12.6. The molecule has 0 aliphatic carbocycles. The maximum absolute atomic E-state index is 14.4. The molecule has 1 aliphatic heterocycles. The average Bonchev–Trinajstić information content (AvgIpc) is 3.12. The first kappa shape index (κ1) is 29.7. The first-order valence-corrected chi connectivity index (χ1v) is 11.3. The van der Waals surface area contributed by atoms with Crippen LogP contribution in [-0.2, 0) is 28.6 Å². The molecule has 4 rings (SSSR count). The molecule has 0 bridgehead atoms. The van der Waals surface area contributed by atoms with Crippen LogP contribution in [0.4, 0.5) is 18.9 Å². The number of ether oxygens (including phenoxy) is 1. The van der Waals surface area contributed by atoms with Gasteiger partial charge in [0, 0.05) is 51.9 Å². The molecule has 0 aromatic heterocycles. The number of anilines is 1. The van der Waals surface area contributed by atoms with Crippen molar-refractivity contribution in [2.45, 2.75) is 25.7 Å². The predicted molar refractivity (Wildman–Crippen MR) is 136 cm³/mol. The van der Waals surface area contributed by atoms with Gasteiger partial charge in [-0.15, -0.1) is 0 Å². The van der Waals surface area contributed by atoms with Crippen LogP contribution in [-0.4, -0.2) is 30.9 Å². The maximum atomic E-state index is 14.4. The van der Waals surface area contributed by atoms with Crippen molar-refractivity contribution in [1.29, 1.82) is 10.8 Å². The third-order valence-corrected chi connectivity index (χ3v) is 6.21. The quantitative estimate of drug-likeness (QED) is 0.184. The molecule has 0 spiro atoms. The van der Waals surface area contributed by atoms with Crippen LogP contribution in [0.25, 0.3) is 0 Å². The van der Waals surface area contributed by atoms with Crippen molar-refractivity contribution in [2.24, 2.45) is 0 Å². The minimum absolute atomic E-state index is 0. The van der Waals surface area contributed by atoms with Crippen LogP contribution in [0.1, 0.15) is 30.5 Å². The zero-order chi connectivity index (χ0) is 26.5. The van der Waals surface area contributed by atoms with E-state index in [1.54, 1.807) is 37.5 Å². The van der Waals surface area contributed by atoms with Crippen LogP contribution in [0.2, 0.25) is 0 Å². The third kappa shape index (κ3) is 6.06. The molecule has 1 radical (unpaired) electrons. The van der Waals surface area contributed by atoms with Crippen molar-refractivity contribution < 1.29 is 39.8 Å². The van der Waals surface area contributed by atoms with Gasteiger partial charge in [0.15, 0.2) is 17.5 Å². The zero-order valence-corrected chi connectivity index (χ0v) is 21.7. The molecule has 1 unspecified atom stereocenters. The van der Waals surface area contributed by atoms with Crippen molar-refractivity contribution in [2.75, 3.05) is 18.6 Å². The number of nitrogens with zero attached hydrogens (tertiary/aromatic N) is 1. The van der Waals surface area contributed by atoms with Gasteiger partial charge in [0.25, 0.3) is 0 Å².